The van der Waals surface area contributed by atoms with Gasteiger partial charge in [0.15, 0.2) is 0 Å². The fraction of sp³-hybridized carbons (Fsp3) is 0.333. The SMILES string of the molecule is CCC(Oc1cncc(Br)c1)C(N)=S. The predicted molar refractivity (Wildman–Crippen MR) is 63.4 cm³/mol. The molecule has 0 aliphatic rings. The number of aromatic nitrogens is 1. The number of pyridine rings is 1. The average molecular weight is 275 g/mol. The van der Waals surface area contributed by atoms with Crippen molar-refractivity contribution in [2.24, 2.45) is 5.73 Å². The lowest BCUT2D eigenvalue weighted by Crippen LogP contribution is -2.31. The van der Waals surface area contributed by atoms with E-state index >= 15 is 0 Å². The Labute approximate surface area is 96.8 Å². The predicted octanol–water partition coefficient (Wildman–Crippen LogP) is 2.29. The summed E-state index contributed by atoms with van der Waals surface area (Å²) >= 11 is 8.17. The molecule has 5 heteroatoms. The van der Waals surface area contributed by atoms with Crippen molar-refractivity contribution in [1.29, 1.82) is 0 Å². The summed E-state index contributed by atoms with van der Waals surface area (Å²) in [4.78, 5) is 4.34. The van der Waals surface area contributed by atoms with E-state index in [1.807, 2.05) is 13.0 Å². The van der Waals surface area contributed by atoms with Gasteiger partial charge in [-0.3, -0.25) is 4.98 Å². The number of nitrogens with zero attached hydrogens (tertiary/aromatic N) is 1. The van der Waals surface area contributed by atoms with Gasteiger partial charge in [0.1, 0.15) is 16.8 Å². The van der Waals surface area contributed by atoms with Gasteiger partial charge in [-0.05, 0) is 28.4 Å². The van der Waals surface area contributed by atoms with Crippen LogP contribution < -0.4 is 10.5 Å². The van der Waals surface area contributed by atoms with Crippen molar-refractivity contribution in [1.82, 2.24) is 4.98 Å². The molecule has 0 fully saturated rings. The third kappa shape index (κ3) is 3.23. The van der Waals surface area contributed by atoms with Crippen LogP contribution in [0.2, 0.25) is 0 Å². The molecule has 76 valence electrons. The number of halogens is 1. The molecule has 0 aliphatic carbocycles. The third-order valence-corrected chi connectivity index (χ3v) is 2.34. The van der Waals surface area contributed by atoms with Gasteiger partial charge in [0.2, 0.25) is 0 Å². The van der Waals surface area contributed by atoms with Gasteiger partial charge >= 0.3 is 0 Å². The summed E-state index contributed by atoms with van der Waals surface area (Å²) in [5.41, 5.74) is 5.51. The highest BCUT2D eigenvalue weighted by Gasteiger charge is 2.10. The Hall–Kier alpha value is -0.680. The van der Waals surface area contributed by atoms with Crippen LogP contribution in [0.3, 0.4) is 0 Å². The first-order chi connectivity index (χ1) is 6.63. The molecule has 1 aromatic heterocycles. The molecule has 2 N–H and O–H groups in total. The quantitative estimate of drug-likeness (QED) is 0.856. The van der Waals surface area contributed by atoms with Gasteiger partial charge < -0.3 is 10.5 Å². The highest BCUT2D eigenvalue weighted by atomic mass is 79.9. The fourth-order valence-corrected chi connectivity index (χ4v) is 1.52. The maximum Gasteiger partial charge on any atom is 0.148 e. The van der Waals surface area contributed by atoms with Crippen molar-refractivity contribution in [3.05, 3.63) is 22.9 Å². The molecule has 0 bridgehead atoms. The molecule has 1 heterocycles. The van der Waals surface area contributed by atoms with Crippen LogP contribution in [0.4, 0.5) is 0 Å². The minimum Gasteiger partial charge on any atom is -0.482 e. The number of hydrogen-bond donors (Lipinski definition) is 1. The second-order valence-electron chi connectivity index (χ2n) is 2.76. The number of thiocarbonyl (C=S) groups is 1. The third-order valence-electron chi connectivity index (χ3n) is 1.65. The summed E-state index contributed by atoms with van der Waals surface area (Å²) in [5, 5.41) is 0. The average Bonchev–Trinajstić information content (AvgIpc) is 2.14. The van der Waals surface area contributed by atoms with Crippen LogP contribution in [0.5, 0.6) is 5.75 Å². The van der Waals surface area contributed by atoms with Gasteiger partial charge in [-0.25, -0.2) is 0 Å². The number of nitrogens with two attached hydrogens (primary N) is 1. The molecule has 0 aromatic carbocycles. The highest BCUT2D eigenvalue weighted by Crippen LogP contribution is 2.17. The first kappa shape index (κ1) is 11.4. The normalized spacial score (nSPS) is 12.1. The highest BCUT2D eigenvalue weighted by molar-refractivity contribution is 9.10. The molecule has 0 radical (unpaired) electrons. The molecule has 1 rings (SSSR count). The Balaban J connectivity index is 2.72. The molecule has 3 nitrogen and oxygen atoms in total. The van der Waals surface area contributed by atoms with E-state index < -0.39 is 0 Å². The van der Waals surface area contributed by atoms with Crippen LogP contribution >= 0.6 is 28.1 Å². The molecule has 1 unspecified atom stereocenters. The lowest BCUT2D eigenvalue weighted by atomic mass is 10.3. The summed E-state index contributed by atoms with van der Waals surface area (Å²) in [7, 11) is 0. The molecular formula is C9H11BrN2OS. The first-order valence-corrected chi connectivity index (χ1v) is 5.40. The van der Waals surface area contributed by atoms with E-state index in [9.17, 15) is 0 Å². The van der Waals surface area contributed by atoms with Gasteiger partial charge in [-0.15, -0.1) is 0 Å². The summed E-state index contributed by atoms with van der Waals surface area (Å²) in [6.07, 6.45) is 3.85. The maximum atomic E-state index is 5.55. The van der Waals surface area contributed by atoms with Crippen LogP contribution in [0.15, 0.2) is 22.9 Å². The zero-order valence-electron chi connectivity index (χ0n) is 7.74. The standard InChI is InChI=1S/C9H11BrN2OS/c1-2-8(9(11)14)13-7-3-6(10)4-12-5-7/h3-5,8H,2H2,1H3,(H2,11,14). The molecule has 0 aliphatic heterocycles. The van der Waals surface area contributed by atoms with Gasteiger partial charge in [0, 0.05) is 10.7 Å². The molecule has 0 saturated heterocycles. The fourth-order valence-electron chi connectivity index (χ4n) is 0.964. The van der Waals surface area contributed by atoms with Crippen molar-refractivity contribution in [2.75, 3.05) is 0 Å². The van der Waals surface area contributed by atoms with E-state index in [-0.39, 0.29) is 6.10 Å². The number of rotatable bonds is 4. The summed E-state index contributed by atoms with van der Waals surface area (Å²) in [6.45, 7) is 1.97. The zero-order valence-corrected chi connectivity index (χ0v) is 10.1. The largest absolute Gasteiger partial charge is 0.482 e. The Bertz CT molecular complexity index is 332. The van der Waals surface area contributed by atoms with Crippen LogP contribution in [-0.2, 0) is 0 Å². The van der Waals surface area contributed by atoms with Gasteiger partial charge in [0.25, 0.3) is 0 Å². The van der Waals surface area contributed by atoms with E-state index in [4.69, 9.17) is 22.7 Å². The molecule has 0 spiro atoms. The van der Waals surface area contributed by atoms with Crippen molar-refractivity contribution >= 4 is 33.1 Å². The van der Waals surface area contributed by atoms with Gasteiger partial charge in [-0.1, -0.05) is 19.1 Å². The maximum absolute atomic E-state index is 5.55. The molecule has 14 heavy (non-hydrogen) atoms. The summed E-state index contributed by atoms with van der Waals surface area (Å²) < 4.78 is 6.42. The second kappa shape index (κ2) is 5.26. The lowest BCUT2D eigenvalue weighted by Gasteiger charge is -2.15. The van der Waals surface area contributed by atoms with E-state index in [0.29, 0.717) is 10.7 Å². The Morgan fingerprint density at radius 2 is 2.43 bits per heavy atom. The van der Waals surface area contributed by atoms with Crippen molar-refractivity contribution in [3.63, 3.8) is 0 Å². The topological polar surface area (TPSA) is 48.1 Å². The smallest absolute Gasteiger partial charge is 0.148 e. The van der Waals surface area contributed by atoms with Crippen LogP contribution in [0.25, 0.3) is 0 Å². The van der Waals surface area contributed by atoms with E-state index in [2.05, 4.69) is 20.9 Å². The summed E-state index contributed by atoms with van der Waals surface area (Å²) in [5.74, 6) is 0.666. The Kier molecular flexibility index (Phi) is 4.28. The van der Waals surface area contributed by atoms with Gasteiger partial charge in [-0.2, -0.15) is 0 Å². The van der Waals surface area contributed by atoms with E-state index in [0.717, 1.165) is 10.9 Å². The van der Waals surface area contributed by atoms with Crippen LogP contribution in [0, 0.1) is 0 Å². The lowest BCUT2D eigenvalue weighted by molar-refractivity contribution is 0.263. The minimum atomic E-state index is -0.221. The Morgan fingerprint density at radius 1 is 1.71 bits per heavy atom. The molecule has 1 aromatic rings. The molecular weight excluding hydrogens is 264 g/mol. The number of hydrogen-bond acceptors (Lipinski definition) is 3. The van der Waals surface area contributed by atoms with E-state index in [1.54, 1.807) is 12.4 Å². The van der Waals surface area contributed by atoms with Gasteiger partial charge in [0.05, 0.1) is 6.20 Å². The van der Waals surface area contributed by atoms with Crippen molar-refractivity contribution in [2.45, 2.75) is 19.4 Å². The molecule has 0 amide bonds. The molecule has 0 saturated carbocycles. The minimum absolute atomic E-state index is 0.221. The second-order valence-corrected chi connectivity index (χ2v) is 4.14. The van der Waals surface area contributed by atoms with E-state index in [1.165, 1.54) is 0 Å². The van der Waals surface area contributed by atoms with Crippen molar-refractivity contribution in [3.8, 4) is 5.75 Å². The van der Waals surface area contributed by atoms with Crippen LogP contribution in [-0.4, -0.2) is 16.1 Å². The number of ether oxygens (including phenoxy) is 1. The monoisotopic (exact) mass is 274 g/mol. The Morgan fingerprint density at radius 3 is 2.93 bits per heavy atom. The van der Waals surface area contributed by atoms with Crippen molar-refractivity contribution < 1.29 is 4.74 Å². The summed E-state index contributed by atoms with van der Waals surface area (Å²) in [6, 6.07) is 1.83. The first-order valence-electron chi connectivity index (χ1n) is 4.20. The van der Waals surface area contributed by atoms with Crippen LogP contribution in [0.1, 0.15) is 13.3 Å². The zero-order chi connectivity index (χ0) is 10.6. The molecule has 1 atom stereocenters.